The van der Waals surface area contributed by atoms with Crippen LogP contribution in [0.2, 0.25) is 0 Å². The first kappa shape index (κ1) is 35.5. The van der Waals surface area contributed by atoms with Gasteiger partial charge in [-0.05, 0) is 25.7 Å². The Morgan fingerprint density at radius 1 is 0.459 bits per heavy atom. The molecule has 0 heterocycles. The number of esters is 2. The van der Waals surface area contributed by atoms with Gasteiger partial charge >= 0.3 is 11.9 Å². The van der Waals surface area contributed by atoms with E-state index in [2.05, 4.69) is 25.7 Å². The Kier molecular flexibility index (Phi) is 29.5. The van der Waals surface area contributed by atoms with Gasteiger partial charge in [-0.1, -0.05) is 141 Å². The summed E-state index contributed by atoms with van der Waals surface area (Å²) in [5, 5.41) is 0. The molecule has 0 aromatic heterocycles. The summed E-state index contributed by atoms with van der Waals surface area (Å²) in [6.45, 7) is 5.30. The molecule has 0 fully saturated rings. The second kappa shape index (κ2) is 30.7. The molecule has 4 heteroatoms. The van der Waals surface area contributed by atoms with Crippen molar-refractivity contribution in [3.05, 3.63) is 0 Å². The highest BCUT2D eigenvalue weighted by molar-refractivity contribution is 5.69. The van der Waals surface area contributed by atoms with Gasteiger partial charge in [0.2, 0.25) is 0 Å². The molecule has 0 radical (unpaired) electrons. The standard InChI is InChI=1S/C33H60O4/c1-3-5-7-9-11-13-14-15-19-23-27-31-37-33(35)29-25-21-17-16-20-24-28-32(34)36-30-26-22-18-12-10-8-6-4-2/h3-22,24-26,28-31H2,1-2H3. The largest absolute Gasteiger partial charge is 0.466 e. The molecule has 4 nitrogen and oxygen atoms in total. The summed E-state index contributed by atoms with van der Waals surface area (Å²) >= 11 is 0. The molecule has 37 heavy (non-hydrogen) atoms. The van der Waals surface area contributed by atoms with Crippen molar-refractivity contribution < 1.29 is 19.1 Å². The molecule has 0 saturated heterocycles. The Hall–Kier alpha value is -1.50. The fraction of sp³-hybridized carbons (Fsp3) is 0.879. The number of ether oxygens (including phenoxy) is 2. The van der Waals surface area contributed by atoms with Crippen molar-refractivity contribution in [1.82, 2.24) is 0 Å². The zero-order valence-corrected chi connectivity index (χ0v) is 24.7. The summed E-state index contributed by atoms with van der Waals surface area (Å²) in [5.74, 6) is 5.90. The Morgan fingerprint density at radius 3 is 1.38 bits per heavy atom. The molecule has 0 N–H and O–H groups in total. The van der Waals surface area contributed by atoms with Crippen LogP contribution in [-0.4, -0.2) is 25.2 Å². The van der Waals surface area contributed by atoms with Gasteiger partial charge in [-0.15, -0.1) is 0 Å². The molecule has 0 aromatic carbocycles. The molecule has 0 aliphatic carbocycles. The SMILES string of the molecule is CCCCCCCCCCC#CCOC(=O)CCCCCCCCC(=O)OCCCCCCCCCC. The van der Waals surface area contributed by atoms with Gasteiger partial charge < -0.3 is 9.47 Å². The second-order valence-electron chi connectivity index (χ2n) is 10.6. The van der Waals surface area contributed by atoms with E-state index < -0.39 is 0 Å². The summed E-state index contributed by atoms with van der Waals surface area (Å²) in [4.78, 5) is 23.6. The predicted octanol–water partition coefficient (Wildman–Crippen LogP) is 9.87. The van der Waals surface area contributed by atoms with Crippen molar-refractivity contribution >= 4 is 11.9 Å². The van der Waals surface area contributed by atoms with E-state index >= 15 is 0 Å². The lowest BCUT2D eigenvalue weighted by Gasteiger charge is -2.05. The quantitative estimate of drug-likeness (QED) is 0.0614. The van der Waals surface area contributed by atoms with Crippen LogP contribution in [0.25, 0.3) is 0 Å². The Morgan fingerprint density at radius 2 is 0.865 bits per heavy atom. The van der Waals surface area contributed by atoms with Gasteiger partial charge in [-0.3, -0.25) is 9.59 Å². The smallest absolute Gasteiger partial charge is 0.306 e. The normalized spacial score (nSPS) is 10.6. The van der Waals surface area contributed by atoms with E-state index in [9.17, 15) is 9.59 Å². The van der Waals surface area contributed by atoms with Crippen LogP contribution < -0.4 is 0 Å². The monoisotopic (exact) mass is 520 g/mol. The van der Waals surface area contributed by atoms with Crippen molar-refractivity contribution in [2.24, 2.45) is 0 Å². The highest BCUT2D eigenvalue weighted by Crippen LogP contribution is 2.11. The lowest BCUT2D eigenvalue weighted by molar-refractivity contribution is -0.144. The van der Waals surface area contributed by atoms with Crippen molar-refractivity contribution in [3.8, 4) is 11.8 Å². The maximum absolute atomic E-state index is 11.8. The van der Waals surface area contributed by atoms with Gasteiger partial charge in [0, 0.05) is 19.3 Å². The second-order valence-corrected chi connectivity index (χ2v) is 10.6. The predicted molar refractivity (Wildman–Crippen MR) is 156 cm³/mol. The number of carbonyl (C=O) groups excluding carboxylic acids is 2. The van der Waals surface area contributed by atoms with Gasteiger partial charge in [0.25, 0.3) is 0 Å². The first-order valence-electron chi connectivity index (χ1n) is 16.0. The molecule has 0 atom stereocenters. The van der Waals surface area contributed by atoms with Gasteiger partial charge in [0.1, 0.15) is 0 Å². The summed E-state index contributed by atoms with van der Waals surface area (Å²) in [6, 6.07) is 0. The van der Waals surface area contributed by atoms with Gasteiger partial charge in [0.15, 0.2) is 6.61 Å². The van der Waals surface area contributed by atoms with Crippen LogP contribution >= 0.6 is 0 Å². The van der Waals surface area contributed by atoms with Crippen molar-refractivity contribution in [2.75, 3.05) is 13.2 Å². The minimum atomic E-state index is -0.138. The Labute approximate surface area is 230 Å². The maximum Gasteiger partial charge on any atom is 0.306 e. The first-order valence-corrected chi connectivity index (χ1v) is 16.0. The zero-order chi connectivity index (χ0) is 27.1. The van der Waals surface area contributed by atoms with Crippen LogP contribution in [0, 0.1) is 11.8 Å². The van der Waals surface area contributed by atoms with Crippen LogP contribution in [0.5, 0.6) is 0 Å². The van der Waals surface area contributed by atoms with E-state index in [1.54, 1.807) is 0 Å². The van der Waals surface area contributed by atoms with Crippen LogP contribution in [0.3, 0.4) is 0 Å². The third-order valence-corrected chi connectivity index (χ3v) is 6.86. The summed E-state index contributed by atoms with van der Waals surface area (Å²) in [6.07, 6.45) is 28.5. The van der Waals surface area contributed by atoms with Crippen LogP contribution in [0.4, 0.5) is 0 Å². The van der Waals surface area contributed by atoms with Gasteiger partial charge in [-0.25, -0.2) is 0 Å². The Bertz CT molecular complexity index is 560. The van der Waals surface area contributed by atoms with Crippen molar-refractivity contribution in [2.45, 2.75) is 174 Å². The van der Waals surface area contributed by atoms with Crippen molar-refractivity contribution in [3.63, 3.8) is 0 Å². The maximum atomic E-state index is 11.8. The number of rotatable bonds is 27. The van der Waals surface area contributed by atoms with Gasteiger partial charge in [0.05, 0.1) is 6.61 Å². The molecule has 0 aromatic rings. The molecule has 216 valence electrons. The summed E-state index contributed by atoms with van der Waals surface area (Å²) < 4.78 is 10.5. The number of unbranched alkanes of at least 4 members (excludes halogenated alkanes) is 20. The molecule has 0 rings (SSSR count). The van der Waals surface area contributed by atoms with E-state index in [0.717, 1.165) is 57.8 Å². The third kappa shape index (κ3) is 30.6. The van der Waals surface area contributed by atoms with E-state index in [0.29, 0.717) is 19.4 Å². The van der Waals surface area contributed by atoms with E-state index in [1.165, 1.54) is 89.9 Å². The minimum Gasteiger partial charge on any atom is -0.466 e. The molecule has 0 spiro atoms. The highest BCUT2D eigenvalue weighted by atomic mass is 16.5. The fourth-order valence-corrected chi connectivity index (χ4v) is 4.42. The fourth-order valence-electron chi connectivity index (χ4n) is 4.42. The van der Waals surface area contributed by atoms with E-state index in [-0.39, 0.29) is 18.5 Å². The average molecular weight is 521 g/mol. The lowest BCUT2D eigenvalue weighted by atomic mass is 10.1. The minimum absolute atomic E-state index is 0.0494. The van der Waals surface area contributed by atoms with Gasteiger partial charge in [-0.2, -0.15) is 0 Å². The lowest BCUT2D eigenvalue weighted by Crippen LogP contribution is -2.05. The zero-order valence-electron chi connectivity index (χ0n) is 24.7. The van der Waals surface area contributed by atoms with E-state index in [1.807, 2.05) is 0 Å². The number of hydrogen-bond donors (Lipinski definition) is 0. The third-order valence-electron chi connectivity index (χ3n) is 6.86. The molecular formula is C33H60O4. The van der Waals surface area contributed by atoms with Crippen LogP contribution in [0.1, 0.15) is 174 Å². The molecule has 0 bridgehead atoms. The average Bonchev–Trinajstić information content (AvgIpc) is 2.89. The molecule has 0 aliphatic heterocycles. The molecular weight excluding hydrogens is 460 g/mol. The molecule has 0 unspecified atom stereocenters. The van der Waals surface area contributed by atoms with Crippen LogP contribution in [0.15, 0.2) is 0 Å². The molecule has 0 aliphatic rings. The summed E-state index contributed by atoms with van der Waals surface area (Å²) in [7, 11) is 0. The topological polar surface area (TPSA) is 52.6 Å². The van der Waals surface area contributed by atoms with Crippen LogP contribution in [-0.2, 0) is 19.1 Å². The molecule has 0 amide bonds. The highest BCUT2D eigenvalue weighted by Gasteiger charge is 2.04. The number of hydrogen-bond acceptors (Lipinski definition) is 4. The number of carbonyl (C=O) groups is 2. The first-order chi connectivity index (χ1) is 18.2. The summed E-state index contributed by atoms with van der Waals surface area (Å²) in [5.41, 5.74) is 0. The van der Waals surface area contributed by atoms with E-state index in [4.69, 9.17) is 9.47 Å². The van der Waals surface area contributed by atoms with Crippen molar-refractivity contribution in [1.29, 1.82) is 0 Å². The molecule has 0 saturated carbocycles. The Balaban J connectivity index is 3.33.